The zero-order valence-electron chi connectivity index (χ0n) is 12.5. The number of anilines is 1. The van der Waals surface area contributed by atoms with Gasteiger partial charge in [-0.25, -0.2) is 4.79 Å². The topological polar surface area (TPSA) is 69.6 Å². The summed E-state index contributed by atoms with van der Waals surface area (Å²) in [5, 5.41) is 2.53. The van der Waals surface area contributed by atoms with Gasteiger partial charge in [0.2, 0.25) is 0 Å². The van der Waals surface area contributed by atoms with E-state index in [-0.39, 0.29) is 17.3 Å². The number of fused-ring (bicyclic) bond motifs is 1. The Balaban J connectivity index is 1.75. The van der Waals surface area contributed by atoms with Gasteiger partial charge >= 0.3 is 6.09 Å². The summed E-state index contributed by atoms with van der Waals surface area (Å²) in [6.45, 7) is 6.76. The van der Waals surface area contributed by atoms with Crippen LogP contribution >= 0.6 is 0 Å². The van der Waals surface area contributed by atoms with Gasteiger partial charge in [0.25, 0.3) is 5.56 Å². The average molecular weight is 292 g/mol. The van der Waals surface area contributed by atoms with Crippen LogP contribution in [0.3, 0.4) is 0 Å². The fourth-order valence-corrected chi connectivity index (χ4v) is 2.88. The zero-order chi connectivity index (χ0) is 15.2. The molecule has 0 radical (unpaired) electrons. The summed E-state index contributed by atoms with van der Waals surface area (Å²) in [4.78, 5) is 24.2. The number of nitrogens with one attached hydrogen (secondary N) is 1. The van der Waals surface area contributed by atoms with Crippen LogP contribution in [0.1, 0.15) is 26.8 Å². The number of aromatic nitrogens is 1. The van der Waals surface area contributed by atoms with Crippen LogP contribution in [0, 0.1) is 11.8 Å². The molecule has 3 rings (SSSR count). The van der Waals surface area contributed by atoms with Crippen molar-refractivity contribution in [3.05, 3.63) is 28.7 Å². The van der Waals surface area contributed by atoms with Crippen molar-refractivity contribution in [3.63, 3.8) is 0 Å². The lowest BCUT2D eigenvalue weighted by Crippen LogP contribution is -2.31. The largest absolute Gasteiger partial charge is 0.444 e. The van der Waals surface area contributed by atoms with Gasteiger partial charge in [-0.3, -0.25) is 10.1 Å². The molecule has 0 spiro atoms. The number of hydrogen-bond acceptors (Lipinski definition) is 4. The van der Waals surface area contributed by atoms with E-state index in [0.29, 0.717) is 25.0 Å². The standard InChI is InChI=1S/C15H20N2O4/c1-15(2,3)21-14(19)16-11-5-4-6-17(13(11)18)12-9-7-20-8-10(9)12/h4-6,9-10,12H,7-8H2,1-3H3,(H,16,19)/t9-,10+,12?. The van der Waals surface area contributed by atoms with Crippen LogP contribution in [-0.4, -0.2) is 29.5 Å². The Morgan fingerprint density at radius 2 is 2.05 bits per heavy atom. The van der Waals surface area contributed by atoms with Crippen LogP contribution in [0.2, 0.25) is 0 Å². The fourth-order valence-electron chi connectivity index (χ4n) is 2.88. The van der Waals surface area contributed by atoms with Crippen molar-refractivity contribution < 1.29 is 14.3 Å². The van der Waals surface area contributed by atoms with Crippen molar-refractivity contribution in [1.82, 2.24) is 4.57 Å². The molecule has 2 heterocycles. The van der Waals surface area contributed by atoms with E-state index in [2.05, 4.69) is 5.32 Å². The van der Waals surface area contributed by atoms with Crippen molar-refractivity contribution in [2.45, 2.75) is 32.4 Å². The highest BCUT2D eigenvalue weighted by Gasteiger charge is 2.55. The SMILES string of the molecule is CC(C)(C)OC(=O)Nc1cccn(C2[C@H]3COC[C@@H]23)c1=O. The Kier molecular flexibility index (Phi) is 3.28. The van der Waals surface area contributed by atoms with E-state index < -0.39 is 11.7 Å². The highest BCUT2D eigenvalue weighted by atomic mass is 16.6. The smallest absolute Gasteiger partial charge is 0.412 e. The molecule has 1 saturated carbocycles. The molecule has 2 fully saturated rings. The van der Waals surface area contributed by atoms with Crippen LogP contribution in [0.15, 0.2) is 23.1 Å². The lowest BCUT2D eigenvalue weighted by atomic mass is 10.2. The highest BCUT2D eigenvalue weighted by molar-refractivity contribution is 5.84. The average Bonchev–Trinajstić information content (AvgIpc) is 2.83. The Bertz CT molecular complexity index is 607. The normalized spacial score (nSPS) is 27.1. The van der Waals surface area contributed by atoms with Crippen LogP contribution in [0.5, 0.6) is 0 Å². The van der Waals surface area contributed by atoms with Gasteiger partial charge in [-0.1, -0.05) is 0 Å². The molecule has 1 aliphatic carbocycles. The van der Waals surface area contributed by atoms with Gasteiger partial charge in [0.1, 0.15) is 11.3 Å². The number of carbonyl (C=O) groups is 1. The van der Waals surface area contributed by atoms with E-state index in [9.17, 15) is 9.59 Å². The van der Waals surface area contributed by atoms with Crippen molar-refractivity contribution in [2.24, 2.45) is 11.8 Å². The molecule has 1 saturated heterocycles. The molecule has 1 amide bonds. The lowest BCUT2D eigenvalue weighted by molar-refractivity contribution is 0.0635. The second-order valence-electron chi connectivity index (χ2n) is 6.62. The summed E-state index contributed by atoms with van der Waals surface area (Å²) in [5.74, 6) is 0.860. The van der Waals surface area contributed by atoms with Crippen molar-refractivity contribution >= 4 is 11.8 Å². The van der Waals surface area contributed by atoms with E-state index in [0.717, 1.165) is 0 Å². The molecule has 3 atom stereocenters. The number of hydrogen-bond donors (Lipinski definition) is 1. The first-order valence-electron chi connectivity index (χ1n) is 7.16. The predicted molar refractivity (Wildman–Crippen MR) is 77.4 cm³/mol. The minimum absolute atomic E-state index is 0.192. The number of amides is 1. The van der Waals surface area contributed by atoms with E-state index >= 15 is 0 Å². The minimum atomic E-state index is -0.614. The number of pyridine rings is 1. The maximum atomic E-state index is 12.4. The third-order valence-electron chi connectivity index (χ3n) is 3.84. The maximum absolute atomic E-state index is 12.4. The van der Waals surface area contributed by atoms with E-state index in [1.54, 1.807) is 43.7 Å². The Labute approximate surface area is 123 Å². The second kappa shape index (κ2) is 4.87. The van der Waals surface area contributed by atoms with Gasteiger partial charge < -0.3 is 14.0 Å². The molecule has 6 heteroatoms. The molecule has 21 heavy (non-hydrogen) atoms. The molecular weight excluding hydrogens is 272 g/mol. The number of carbonyl (C=O) groups excluding carboxylic acids is 1. The van der Waals surface area contributed by atoms with Crippen LogP contribution in [0.4, 0.5) is 10.5 Å². The zero-order valence-corrected chi connectivity index (χ0v) is 12.5. The molecule has 1 N–H and O–H groups in total. The second-order valence-corrected chi connectivity index (χ2v) is 6.62. The summed E-state index contributed by atoms with van der Waals surface area (Å²) < 4.78 is 12.2. The fraction of sp³-hybridized carbons (Fsp3) is 0.600. The number of nitrogens with zero attached hydrogens (tertiary/aromatic N) is 1. The van der Waals surface area contributed by atoms with Crippen molar-refractivity contribution in [2.75, 3.05) is 18.5 Å². The predicted octanol–water partition coefficient (Wildman–Crippen LogP) is 2.01. The third kappa shape index (κ3) is 2.81. The minimum Gasteiger partial charge on any atom is -0.444 e. The molecule has 1 aromatic heterocycles. The summed E-state index contributed by atoms with van der Waals surface area (Å²) >= 11 is 0. The quantitative estimate of drug-likeness (QED) is 0.905. The molecule has 1 unspecified atom stereocenters. The molecule has 6 nitrogen and oxygen atoms in total. The summed E-state index contributed by atoms with van der Waals surface area (Å²) in [5.41, 5.74) is -0.539. The highest BCUT2D eigenvalue weighted by Crippen LogP contribution is 2.53. The molecule has 1 aliphatic heterocycles. The van der Waals surface area contributed by atoms with E-state index in [1.165, 1.54) is 0 Å². The summed E-state index contributed by atoms with van der Waals surface area (Å²) in [6.07, 6.45) is 1.16. The molecule has 2 aliphatic rings. The Morgan fingerprint density at radius 1 is 1.38 bits per heavy atom. The first-order chi connectivity index (χ1) is 9.87. The number of rotatable bonds is 2. The van der Waals surface area contributed by atoms with Gasteiger partial charge in [0.15, 0.2) is 0 Å². The molecule has 114 valence electrons. The van der Waals surface area contributed by atoms with Gasteiger partial charge in [-0.2, -0.15) is 0 Å². The lowest BCUT2D eigenvalue weighted by Gasteiger charge is -2.19. The monoisotopic (exact) mass is 292 g/mol. The molecule has 0 bridgehead atoms. The van der Waals surface area contributed by atoms with Crippen molar-refractivity contribution in [1.29, 1.82) is 0 Å². The summed E-state index contributed by atoms with van der Waals surface area (Å²) in [6, 6.07) is 3.56. The summed E-state index contributed by atoms with van der Waals surface area (Å²) in [7, 11) is 0. The first-order valence-corrected chi connectivity index (χ1v) is 7.16. The van der Waals surface area contributed by atoms with Gasteiger partial charge in [-0.05, 0) is 32.9 Å². The van der Waals surface area contributed by atoms with Crippen LogP contribution < -0.4 is 10.9 Å². The van der Waals surface area contributed by atoms with Gasteiger partial charge in [0, 0.05) is 24.1 Å². The maximum Gasteiger partial charge on any atom is 0.412 e. The van der Waals surface area contributed by atoms with Crippen LogP contribution in [-0.2, 0) is 9.47 Å². The molecule has 0 aromatic carbocycles. The Hall–Kier alpha value is -1.82. The van der Waals surface area contributed by atoms with E-state index in [1.807, 2.05) is 0 Å². The molecular formula is C15H20N2O4. The third-order valence-corrected chi connectivity index (χ3v) is 3.84. The Morgan fingerprint density at radius 3 is 2.67 bits per heavy atom. The van der Waals surface area contributed by atoms with Gasteiger partial charge in [0.05, 0.1) is 13.2 Å². The first kappa shape index (κ1) is 14.1. The van der Waals surface area contributed by atoms with Gasteiger partial charge in [-0.15, -0.1) is 0 Å². The van der Waals surface area contributed by atoms with Crippen LogP contribution in [0.25, 0.3) is 0 Å². The number of ether oxygens (including phenoxy) is 2. The molecule has 1 aromatic rings. The van der Waals surface area contributed by atoms with E-state index in [4.69, 9.17) is 9.47 Å². The van der Waals surface area contributed by atoms with Crippen molar-refractivity contribution in [3.8, 4) is 0 Å².